The van der Waals surface area contributed by atoms with Crippen molar-refractivity contribution in [1.82, 2.24) is 4.98 Å². The van der Waals surface area contributed by atoms with Crippen molar-refractivity contribution in [2.45, 2.75) is 12.5 Å². The van der Waals surface area contributed by atoms with Crippen molar-refractivity contribution in [3.63, 3.8) is 0 Å². The Bertz CT molecular complexity index is 665. The third-order valence-corrected chi connectivity index (χ3v) is 5.87. The van der Waals surface area contributed by atoms with Gasteiger partial charge in [0.05, 0.1) is 16.4 Å². The summed E-state index contributed by atoms with van der Waals surface area (Å²) in [5.74, 6) is 0.495. The molecule has 1 fully saturated rings. The number of sulfone groups is 1. The molecule has 6 heteroatoms. The predicted octanol–water partition coefficient (Wildman–Crippen LogP) is 2.41. The number of rotatable bonds is 3. The second-order valence-corrected chi connectivity index (χ2v) is 7.90. The lowest BCUT2D eigenvalue weighted by Gasteiger charge is -2.08. The molecular formula is C13H14N2O2S2. The molecule has 0 amide bonds. The predicted molar refractivity (Wildman–Crippen MR) is 78.2 cm³/mol. The number of aromatic nitrogens is 1. The average Bonchev–Trinajstić information content (AvgIpc) is 2.98. The molecule has 3 rings (SSSR count). The summed E-state index contributed by atoms with van der Waals surface area (Å²) in [4.78, 5) is 5.40. The van der Waals surface area contributed by atoms with Crippen LogP contribution in [0.25, 0.3) is 10.4 Å². The highest BCUT2D eigenvalue weighted by atomic mass is 32.2. The molecule has 1 unspecified atom stereocenters. The summed E-state index contributed by atoms with van der Waals surface area (Å²) >= 11 is 1.56. The van der Waals surface area contributed by atoms with Crippen LogP contribution in [0.5, 0.6) is 0 Å². The van der Waals surface area contributed by atoms with Crippen molar-refractivity contribution in [2.24, 2.45) is 0 Å². The third-order valence-electron chi connectivity index (χ3n) is 3.12. The molecule has 1 aromatic heterocycles. The summed E-state index contributed by atoms with van der Waals surface area (Å²) in [6.07, 6.45) is 2.49. The van der Waals surface area contributed by atoms with E-state index in [-0.39, 0.29) is 17.5 Å². The molecule has 2 aromatic rings. The van der Waals surface area contributed by atoms with Crippen LogP contribution < -0.4 is 5.32 Å². The summed E-state index contributed by atoms with van der Waals surface area (Å²) in [5, 5.41) is 4.01. The van der Waals surface area contributed by atoms with E-state index in [1.54, 1.807) is 11.3 Å². The van der Waals surface area contributed by atoms with Gasteiger partial charge in [-0.3, -0.25) is 0 Å². The minimum absolute atomic E-state index is 0.000210. The highest BCUT2D eigenvalue weighted by Crippen LogP contribution is 2.29. The Balaban J connectivity index is 1.73. The third kappa shape index (κ3) is 2.96. The van der Waals surface area contributed by atoms with E-state index in [2.05, 4.69) is 10.3 Å². The largest absolute Gasteiger partial charge is 0.358 e. The minimum atomic E-state index is -2.85. The molecular weight excluding hydrogens is 280 g/mol. The monoisotopic (exact) mass is 294 g/mol. The molecule has 4 nitrogen and oxygen atoms in total. The van der Waals surface area contributed by atoms with Crippen LogP contribution in [0, 0.1) is 0 Å². The number of nitrogens with one attached hydrogen (secondary N) is 1. The smallest absolute Gasteiger partial charge is 0.183 e. The van der Waals surface area contributed by atoms with Gasteiger partial charge in [-0.15, -0.1) is 0 Å². The molecule has 0 saturated carbocycles. The van der Waals surface area contributed by atoms with E-state index in [0.717, 1.165) is 15.6 Å². The number of benzene rings is 1. The minimum Gasteiger partial charge on any atom is -0.358 e. The lowest BCUT2D eigenvalue weighted by molar-refractivity contribution is 0.602. The zero-order valence-corrected chi connectivity index (χ0v) is 11.9. The first-order chi connectivity index (χ1) is 9.12. The average molecular weight is 294 g/mol. The standard InChI is InChI=1S/C13H14N2O2S2/c16-19(17)7-6-11(9-19)15-13-14-8-12(18-13)10-4-2-1-3-5-10/h1-5,8,11H,6-7,9H2,(H,14,15). The highest BCUT2D eigenvalue weighted by molar-refractivity contribution is 7.91. The van der Waals surface area contributed by atoms with Gasteiger partial charge in [-0.1, -0.05) is 41.7 Å². The van der Waals surface area contributed by atoms with Gasteiger partial charge < -0.3 is 5.32 Å². The number of thiazole rings is 1. The fourth-order valence-corrected chi connectivity index (χ4v) is 4.73. The van der Waals surface area contributed by atoms with Crippen molar-refractivity contribution in [3.8, 4) is 10.4 Å². The van der Waals surface area contributed by atoms with Crippen LogP contribution in [0.1, 0.15) is 6.42 Å². The Morgan fingerprint density at radius 3 is 2.74 bits per heavy atom. The van der Waals surface area contributed by atoms with Crippen LogP contribution >= 0.6 is 11.3 Å². The highest BCUT2D eigenvalue weighted by Gasteiger charge is 2.28. The number of hydrogen-bond acceptors (Lipinski definition) is 5. The quantitative estimate of drug-likeness (QED) is 0.944. The summed E-state index contributed by atoms with van der Waals surface area (Å²) in [5.41, 5.74) is 1.13. The summed E-state index contributed by atoms with van der Waals surface area (Å²) in [6.45, 7) is 0. The Labute approximate surface area is 116 Å². The SMILES string of the molecule is O=S1(=O)CCC(Nc2ncc(-c3ccccc3)s2)C1. The first-order valence-electron chi connectivity index (χ1n) is 6.11. The normalized spacial score (nSPS) is 21.4. The molecule has 1 aliphatic heterocycles. The zero-order chi connectivity index (χ0) is 13.3. The molecule has 0 bridgehead atoms. The Kier molecular flexibility index (Phi) is 3.28. The fraction of sp³-hybridized carbons (Fsp3) is 0.308. The molecule has 1 aliphatic rings. The lowest BCUT2D eigenvalue weighted by atomic mass is 10.2. The fourth-order valence-electron chi connectivity index (χ4n) is 2.16. The van der Waals surface area contributed by atoms with E-state index < -0.39 is 9.84 Å². The molecule has 2 heterocycles. The Hall–Kier alpha value is -1.40. The van der Waals surface area contributed by atoms with Crippen molar-refractivity contribution in [2.75, 3.05) is 16.8 Å². The van der Waals surface area contributed by atoms with Crippen molar-refractivity contribution in [3.05, 3.63) is 36.5 Å². The van der Waals surface area contributed by atoms with E-state index in [9.17, 15) is 8.42 Å². The molecule has 19 heavy (non-hydrogen) atoms. The summed E-state index contributed by atoms with van der Waals surface area (Å²) < 4.78 is 22.8. The van der Waals surface area contributed by atoms with Gasteiger partial charge in [-0.05, 0) is 12.0 Å². The summed E-state index contributed by atoms with van der Waals surface area (Å²) in [7, 11) is -2.85. The van der Waals surface area contributed by atoms with Gasteiger partial charge in [0.1, 0.15) is 0 Å². The molecule has 0 spiro atoms. The lowest BCUT2D eigenvalue weighted by Crippen LogP contribution is -2.20. The van der Waals surface area contributed by atoms with Crippen LogP contribution in [0.3, 0.4) is 0 Å². The van der Waals surface area contributed by atoms with Crippen LogP contribution in [-0.4, -0.2) is 30.9 Å². The van der Waals surface area contributed by atoms with E-state index in [4.69, 9.17) is 0 Å². The summed E-state index contributed by atoms with van der Waals surface area (Å²) in [6, 6.07) is 10.0. The second kappa shape index (κ2) is 4.94. The van der Waals surface area contributed by atoms with Crippen molar-refractivity contribution >= 4 is 26.3 Å². The van der Waals surface area contributed by atoms with Crippen LogP contribution in [-0.2, 0) is 9.84 Å². The van der Waals surface area contributed by atoms with E-state index >= 15 is 0 Å². The number of hydrogen-bond donors (Lipinski definition) is 1. The van der Waals surface area contributed by atoms with Gasteiger partial charge >= 0.3 is 0 Å². The maximum atomic E-state index is 11.4. The van der Waals surface area contributed by atoms with Gasteiger partial charge in [0.2, 0.25) is 0 Å². The molecule has 1 atom stereocenters. The van der Waals surface area contributed by atoms with E-state index in [1.807, 2.05) is 36.5 Å². The molecule has 1 aromatic carbocycles. The van der Waals surface area contributed by atoms with Gasteiger partial charge in [-0.2, -0.15) is 0 Å². The zero-order valence-electron chi connectivity index (χ0n) is 10.2. The van der Waals surface area contributed by atoms with Crippen molar-refractivity contribution in [1.29, 1.82) is 0 Å². The maximum absolute atomic E-state index is 11.4. The van der Waals surface area contributed by atoms with Gasteiger partial charge in [0.25, 0.3) is 0 Å². The molecule has 1 N–H and O–H groups in total. The van der Waals surface area contributed by atoms with E-state index in [0.29, 0.717) is 6.42 Å². The van der Waals surface area contributed by atoms with Gasteiger partial charge in [0.15, 0.2) is 15.0 Å². The number of anilines is 1. The second-order valence-electron chi connectivity index (χ2n) is 4.64. The van der Waals surface area contributed by atoms with Gasteiger partial charge in [-0.25, -0.2) is 13.4 Å². The van der Waals surface area contributed by atoms with E-state index in [1.165, 1.54) is 0 Å². The maximum Gasteiger partial charge on any atom is 0.183 e. The van der Waals surface area contributed by atoms with Crippen LogP contribution in [0.2, 0.25) is 0 Å². The molecule has 0 radical (unpaired) electrons. The first kappa shape index (κ1) is 12.6. The van der Waals surface area contributed by atoms with Crippen molar-refractivity contribution < 1.29 is 8.42 Å². The molecule has 0 aliphatic carbocycles. The topological polar surface area (TPSA) is 59.1 Å². The molecule has 100 valence electrons. The van der Waals surface area contributed by atoms with Crippen LogP contribution in [0.4, 0.5) is 5.13 Å². The van der Waals surface area contributed by atoms with Gasteiger partial charge in [0, 0.05) is 12.2 Å². The Morgan fingerprint density at radius 1 is 1.26 bits per heavy atom. The number of nitrogens with zero attached hydrogens (tertiary/aromatic N) is 1. The molecule has 1 saturated heterocycles. The van der Waals surface area contributed by atoms with Crippen LogP contribution in [0.15, 0.2) is 36.5 Å². The first-order valence-corrected chi connectivity index (χ1v) is 8.74. The Morgan fingerprint density at radius 2 is 2.05 bits per heavy atom.